The molecule has 0 spiro atoms. The van der Waals surface area contributed by atoms with Gasteiger partial charge in [-0.05, 0) is 80.3 Å². The van der Waals surface area contributed by atoms with Crippen LogP contribution in [0.15, 0.2) is 71.6 Å². The third-order valence-corrected chi connectivity index (χ3v) is 10.0. The van der Waals surface area contributed by atoms with Crippen LogP contribution in [0.4, 0.5) is 10.1 Å². The molecule has 4 rings (SSSR count). The number of nitrogens with one attached hydrogen (secondary N) is 1. The molecule has 0 aliphatic heterocycles. The van der Waals surface area contributed by atoms with Gasteiger partial charge in [0, 0.05) is 18.7 Å². The van der Waals surface area contributed by atoms with Crippen LogP contribution in [0.1, 0.15) is 57.9 Å². The number of rotatable bonds is 15. The Bertz CT molecular complexity index is 1590. The van der Waals surface area contributed by atoms with Crippen LogP contribution in [-0.4, -0.2) is 64.6 Å². The largest absolute Gasteiger partial charge is 0.494 e. The molecule has 0 aromatic heterocycles. The summed E-state index contributed by atoms with van der Waals surface area (Å²) in [4.78, 5) is 29.3. The molecule has 2 amide bonds. The first-order valence-electron chi connectivity index (χ1n) is 15.9. The van der Waals surface area contributed by atoms with Crippen LogP contribution >= 0.6 is 0 Å². The SMILES string of the molecule is CCOc1ccc(N(CC(=O)N(Cc2ccc(F)cc2)C(CC)C(=O)NC2CCCCC2)S(=O)(=O)c2ccc(OC)c(OC)c2)cc1. The Balaban J connectivity index is 1.74. The number of carbonyl (C=O) groups is 2. The van der Waals surface area contributed by atoms with Crippen LogP contribution in [0.2, 0.25) is 0 Å². The van der Waals surface area contributed by atoms with E-state index >= 15 is 0 Å². The van der Waals surface area contributed by atoms with Crippen molar-refractivity contribution in [2.75, 3.05) is 31.7 Å². The molecule has 0 saturated heterocycles. The molecule has 1 N–H and O–H groups in total. The van der Waals surface area contributed by atoms with Crippen molar-refractivity contribution in [3.8, 4) is 17.2 Å². The van der Waals surface area contributed by atoms with Crippen LogP contribution in [0.25, 0.3) is 0 Å². The molecule has 12 heteroatoms. The summed E-state index contributed by atoms with van der Waals surface area (Å²) in [5, 5.41) is 3.12. The van der Waals surface area contributed by atoms with Crippen molar-refractivity contribution in [3.05, 3.63) is 78.1 Å². The lowest BCUT2D eigenvalue weighted by Crippen LogP contribution is -2.54. The maximum Gasteiger partial charge on any atom is 0.264 e. The third kappa shape index (κ3) is 8.94. The van der Waals surface area contributed by atoms with Gasteiger partial charge in [0.1, 0.15) is 24.2 Å². The number of methoxy groups -OCH3 is 2. The third-order valence-electron chi connectivity index (χ3n) is 8.26. The van der Waals surface area contributed by atoms with Gasteiger partial charge in [-0.3, -0.25) is 13.9 Å². The van der Waals surface area contributed by atoms with Gasteiger partial charge < -0.3 is 24.4 Å². The van der Waals surface area contributed by atoms with E-state index in [2.05, 4.69) is 5.32 Å². The molecule has 254 valence electrons. The lowest BCUT2D eigenvalue weighted by molar-refractivity contribution is -0.140. The first-order chi connectivity index (χ1) is 22.6. The molecule has 1 unspecified atom stereocenters. The molecule has 1 atom stereocenters. The number of ether oxygens (including phenoxy) is 3. The number of hydrogen-bond acceptors (Lipinski definition) is 7. The molecular weight excluding hydrogens is 625 g/mol. The molecular formula is C35H44FN3O7S. The smallest absolute Gasteiger partial charge is 0.264 e. The average Bonchev–Trinajstić information content (AvgIpc) is 3.08. The molecule has 0 bridgehead atoms. The van der Waals surface area contributed by atoms with E-state index in [1.807, 2.05) is 6.92 Å². The summed E-state index contributed by atoms with van der Waals surface area (Å²) in [7, 11) is -1.51. The van der Waals surface area contributed by atoms with Gasteiger partial charge in [-0.15, -0.1) is 0 Å². The van der Waals surface area contributed by atoms with Crippen molar-refractivity contribution in [3.63, 3.8) is 0 Å². The second kappa shape index (κ2) is 16.5. The van der Waals surface area contributed by atoms with Gasteiger partial charge in [-0.1, -0.05) is 38.3 Å². The summed E-state index contributed by atoms with van der Waals surface area (Å²) in [5.74, 6) is -0.251. The molecule has 1 fully saturated rings. The molecule has 1 saturated carbocycles. The minimum absolute atomic E-state index is 0.0128. The zero-order valence-corrected chi connectivity index (χ0v) is 28.2. The predicted molar refractivity (Wildman–Crippen MR) is 178 cm³/mol. The van der Waals surface area contributed by atoms with E-state index in [0.717, 1.165) is 36.4 Å². The molecule has 1 aliphatic rings. The highest BCUT2D eigenvalue weighted by atomic mass is 32.2. The summed E-state index contributed by atoms with van der Waals surface area (Å²) in [6.45, 7) is 3.43. The van der Waals surface area contributed by atoms with Crippen molar-refractivity contribution in [2.45, 2.75) is 75.9 Å². The van der Waals surface area contributed by atoms with Crippen molar-refractivity contribution in [1.82, 2.24) is 10.2 Å². The standard InChI is InChI=1S/C35H44FN3O7S/c1-5-31(35(41)37-27-10-8-7-9-11-27)38(23-25-12-14-26(36)15-13-25)34(40)24-39(28-16-18-29(19-17-28)46-6-2)47(42,43)30-20-21-32(44-3)33(22-30)45-4/h12-22,27,31H,5-11,23-24H2,1-4H3,(H,37,41). The monoisotopic (exact) mass is 669 g/mol. The van der Waals surface area contributed by atoms with Crippen molar-refractivity contribution >= 4 is 27.5 Å². The lowest BCUT2D eigenvalue weighted by atomic mass is 9.95. The van der Waals surface area contributed by atoms with Crippen molar-refractivity contribution < 1.29 is 36.6 Å². The van der Waals surface area contributed by atoms with Crippen molar-refractivity contribution in [1.29, 1.82) is 0 Å². The highest BCUT2D eigenvalue weighted by Gasteiger charge is 2.35. The van der Waals surface area contributed by atoms with Gasteiger partial charge in [0.25, 0.3) is 10.0 Å². The summed E-state index contributed by atoms with van der Waals surface area (Å²) >= 11 is 0. The minimum atomic E-state index is -4.36. The fourth-order valence-electron chi connectivity index (χ4n) is 5.76. The van der Waals surface area contributed by atoms with Crippen molar-refractivity contribution in [2.24, 2.45) is 0 Å². The highest BCUT2D eigenvalue weighted by Crippen LogP contribution is 2.33. The maximum absolute atomic E-state index is 14.4. The molecule has 0 radical (unpaired) electrons. The van der Waals surface area contributed by atoms with Gasteiger partial charge in [-0.25, -0.2) is 12.8 Å². The number of sulfonamides is 1. The lowest BCUT2D eigenvalue weighted by Gasteiger charge is -2.34. The number of benzene rings is 3. The normalized spacial score (nSPS) is 14.1. The number of halogens is 1. The van der Waals surface area contributed by atoms with E-state index in [1.54, 1.807) is 43.3 Å². The topological polar surface area (TPSA) is 114 Å². The number of amides is 2. The molecule has 1 aliphatic carbocycles. The zero-order valence-electron chi connectivity index (χ0n) is 27.4. The molecule has 47 heavy (non-hydrogen) atoms. The fraction of sp³-hybridized carbons (Fsp3) is 0.429. The van der Waals surface area contributed by atoms with Gasteiger partial charge >= 0.3 is 0 Å². The van der Waals surface area contributed by atoms with E-state index in [4.69, 9.17) is 14.2 Å². The Morgan fingerprint density at radius 2 is 1.57 bits per heavy atom. The number of nitrogens with zero attached hydrogens (tertiary/aromatic N) is 2. The molecule has 3 aromatic rings. The zero-order chi connectivity index (χ0) is 34.0. The second-order valence-electron chi connectivity index (χ2n) is 11.4. The highest BCUT2D eigenvalue weighted by molar-refractivity contribution is 7.92. The summed E-state index contributed by atoms with van der Waals surface area (Å²) in [5.41, 5.74) is 0.817. The maximum atomic E-state index is 14.4. The molecule has 10 nitrogen and oxygen atoms in total. The Labute approximate surface area is 276 Å². The Kier molecular flexibility index (Phi) is 12.5. The number of hydrogen-bond donors (Lipinski definition) is 1. The summed E-state index contributed by atoms with van der Waals surface area (Å²) in [6.07, 6.45) is 5.17. The Morgan fingerprint density at radius 1 is 0.915 bits per heavy atom. The summed E-state index contributed by atoms with van der Waals surface area (Å²) < 4.78 is 59.6. The Morgan fingerprint density at radius 3 is 2.17 bits per heavy atom. The van der Waals surface area contributed by atoms with Crippen LogP contribution in [0.5, 0.6) is 17.2 Å². The van der Waals surface area contributed by atoms with Gasteiger partial charge in [0.15, 0.2) is 11.5 Å². The van der Waals surface area contributed by atoms with E-state index in [1.165, 1.54) is 49.5 Å². The number of carbonyl (C=O) groups excluding carboxylic acids is 2. The molecule has 3 aromatic carbocycles. The van der Waals surface area contributed by atoms with Gasteiger partial charge in [0.2, 0.25) is 11.8 Å². The average molecular weight is 670 g/mol. The van der Waals surface area contributed by atoms with Gasteiger partial charge in [0.05, 0.1) is 31.4 Å². The van der Waals surface area contributed by atoms with Gasteiger partial charge in [-0.2, -0.15) is 0 Å². The minimum Gasteiger partial charge on any atom is -0.494 e. The fourth-order valence-corrected chi connectivity index (χ4v) is 7.19. The van der Waals surface area contributed by atoms with E-state index in [0.29, 0.717) is 23.7 Å². The van der Waals surface area contributed by atoms with Crippen LogP contribution in [0, 0.1) is 5.82 Å². The van der Waals surface area contributed by atoms with E-state index in [-0.39, 0.29) is 41.2 Å². The van der Waals surface area contributed by atoms with E-state index in [9.17, 15) is 22.4 Å². The molecule has 0 heterocycles. The van der Waals surface area contributed by atoms with Crippen LogP contribution in [0.3, 0.4) is 0 Å². The second-order valence-corrected chi connectivity index (χ2v) is 13.2. The Hall–Kier alpha value is -4.32. The number of anilines is 1. The van der Waals surface area contributed by atoms with E-state index < -0.39 is 34.3 Å². The first kappa shape index (κ1) is 35.5. The summed E-state index contributed by atoms with van der Waals surface area (Å²) in [6, 6.07) is 15.4. The van der Waals surface area contributed by atoms with Crippen LogP contribution < -0.4 is 23.8 Å². The quantitative estimate of drug-likeness (QED) is 0.221. The predicted octanol–water partition coefficient (Wildman–Crippen LogP) is 5.69. The first-order valence-corrected chi connectivity index (χ1v) is 17.4. The van der Waals surface area contributed by atoms with Crippen LogP contribution in [-0.2, 0) is 26.2 Å².